The van der Waals surface area contributed by atoms with Crippen LogP contribution >= 0.6 is 0 Å². The summed E-state index contributed by atoms with van der Waals surface area (Å²) in [6.45, 7) is 0.285. The maximum Gasteiger partial charge on any atom is 0.416 e. The molecule has 1 saturated heterocycles. The number of hydrogen-bond donors (Lipinski definition) is 4. The van der Waals surface area contributed by atoms with Crippen LogP contribution in [0.1, 0.15) is 18.4 Å². The summed E-state index contributed by atoms with van der Waals surface area (Å²) in [6.07, 6.45) is -4.27. The van der Waals surface area contributed by atoms with E-state index >= 15 is 0 Å². The van der Waals surface area contributed by atoms with E-state index in [1.54, 1.807) is 4.90 Å². The molecule has 3 aromatic rings. The van der Waals surface area contributed by atoms with Gasteiger partial charge in [0.05, 0.1) is 41.1 Å². The molecule has 3 heterocycles. The zero-order valence-electron chi connectivity index (χ0n) is 16.7. The minimum Gasteiger partial charge on any atom is -0.393 e. The van der Waals surface area contributed by atoms with E-state index in [2.05, 4.69) is 20.4 Å². The molecule has 2 aromatic heterocycles. The minimum absolute atomic E-state index is 0.0324. The van der Waals surface area contributed by atoms with Gasteiger partial charge >= 0.3 is 6.18 Å². The van der Waals surface area contributed by atoms with Crippen molar-refractivity contribution in [1.29, 1.82) is 0 Å². The fourth-order valence-electron chi connectivity index (χ4n) is 4.03. The number of β-amino-alcohol motifs (C(OH)–C–C–N with tert-alkyl or cyclic N) is 2. The van der Waals surface area contributed by atoms with E-state index in [1.807, 2.05) is 0 Å². The van der Waals surface area contributed by atoms with Gasteiger partial charge in [-0.1, -0.05) is 6.07 Å². The monoisotopic (exact) mass is 450 g/mol. The molecule has 0 radical (unpaired) electrons. The second-order valence-electron chi connectivity index (χ2n) is 8.22. The Morgan fingerprint density at radius 1 is 1.03 bits per heavy atom. The number of fused-ring (bicyclic) bond motifs is 1. The van der Waals surface area contributed by atoms with Crippen molar-refractivity contribution in [2.45, 2.75) is 43.4 Å². The number of hydrogen-bond acceptors (Lipinski definition) is 8. The molecule has 9 nitrogen and oxygen atoms in total. The molecule has 5 rings (SSSR count). The molecule has 1 aliphatic carbocycles. The fraction of sp³-hybridized carbons (Fsp3) is 0.450. The van der Waals surface area contributed by atoms with Crippen LogP contribution in [0.3, 0.4) is 0 Å². The molecule has 0 amide bonds. The first-order chi connectivity index (χ1) is 15.2. The smallest absolute Gasteiger partial charge is 0.393 e. The quantitative estimate of drug-likeness (QED) is 0.470. The predicted molar refractivity (Wildman–Crippen MR) is 109 cm³/mol. The van der Waals surface area contributed by atoms with E-state index < -0.39 is 30.1 Å². The van der Waals surface area contributed by atoms with Gasteiger partial charge in [-0.15, -0.1) is 0 Å². The Morgan fingerprint density at radius 3 is 2.41 bits per heavy atom. The van der Waals surface area contributed by atoms with Gasteiger partial charge in [0, 0.05) is 19.1 Å². The molecular weight excluding hydrogens is 429 g/mol. The second kappa shape index (κ2) is 7.57. The van der Waals surface area contributed by atoms with E-state index in [9.17, 15) is 28.5 Å². The average molecular weight is 450 g/mol. The first kappa shape index (κ1) is 20.9. The van der Waals surface area contributed by atoms with Gasteiger partial charge in [-0.05, 0) is 31.0 Å². The predicted octanol–water partition coefficient (Wildman–Crippen LogP) is 1.31. The number of benzene rings is 1. The molecule has 12 heteroatoms. The third-order valence-electron chi connectivity index (χ3n) is 5.83. The van der Waals surface area contributed by atoms with Crippen LogP contribution in [-0.4, -0.2) is 72.5 Å². The van der Waals surface area contributed by atoms with Crippen LogP contribution in [0.2, 0.25) is 0 Å². The van der Waals surface area contributed by atoms with Crippen LogP contribution in [0.4, 0.5) is 24.9 Å². The van der Waals surface area contributed by atoms with Gasteiger partial charge in [-0.3, -0.25) is 0 Å². The van der Waals surface area contributed by atoms with Gasteiger partial charge < -0.3 is 25.5 Å². The molecule has 1 aromatic carbocycles. The Hall–Kier alpha value is -2.96. The summed E-state index contributed by atoms with van der Waals surface area (Å²) in [5.74, 6) is 0.639. The Kier molecular flexibility index (Phi) is 4.95. The summed E-state index contributed by atoms with van der Waals surface area (Å²) in [5, 5.41) is 37.4. The van der Waals surface area contributed by atoms with Crippen LogP contribution in [0.5, 0.6) is 0 Å². The number of nitrogens with one attached hydrogen (secondary N) is 1. The molecule has 2 atom stereocenters. The summed E-state index contributed by atoms with van der Waals surface area (Å²) >= 11 is 0. The van der Waals surface area contributed by atoms with Crippen LogP contribution in [-0.2, 0) is 6.18 Å². The van der Waals surface area contributed by atoms with Crippen LogP contribution < -0.4 is 10.2 Å². The Bertz CT molecular complexity index is 1140. The van der Waals surface area contributed by atoms with E-state index in [0.29, 0.717) is 24.0 Å². The number of halogens is 3. The molecular formula is C20H21F3N6O3. The highest BCUT2D eigenvalue weighted by molar-refractivity contribution is 5.89. The van der Waals surface area contributed by atoms with Crippen molar-refractivity contribution in [3.8, 4) is 5.69 Å². The second-order valence-corrected chi connectivity index (χ2v) is 8.22. The molecule has 4 N–H and O–H groups in total. The summed E-state index contributed by atoms with van der Waals surface area (Å²) in [4.78, 5) is 10.7. The Morgan fingerprint density at radius 2 is 1.75 bits per heavy atom. The van der Waals surface area contributed by atoms with E-state index in [4.69, 9.17) is 0 Å². The lowest BCUT2D eigenvalue weighted by Crippen LogP contribution is -2.39. The number of alkyl halides is 3. The summed E-state index contributed by atoms with van der Waals surface area (Å²) in [7, 11) is 0. The highest BCUT2D eigenvalue weighted by Gasteiger charge is 2.34. The molecule has 2 fully saturated rings. The van der Waals surface area contributed by atoms with Crippen LogP contribution in [0.15, 0.2) is 30.5 Å². The lowest BCUT2D eigenvalue weighted by atomic mass is 9.90. The molecule has 32 heavy (non-hydrogen) atoms. The van der Waals surface area contributed by atoms with Gasteiger partial charge in [-0.2, -0.15) is 28.2 Å². The van der Waals surface area contributed by atoms with Crippen molar-refractivity contribution >= 4 is 22.8 Å². The van der Waals surface area contributed by atoms with Crippen molar-refractivity contribution in [3.63, 3.8) is 0 Å². The number of aliphatic hydroxyl groups excluding tert-OH is 3. The van der Waals surface area contributed by atoms with E-state index in [-0.39, 0.29) is 36.4 Å². The summed E-state index contributed by atoms with van der Waals surface area (Å²) in [6, 6.07) is 4.75. The maximum atomic E-state index is 13.2. The van der Waals surface area contributed by atoms with Crippen molar-refractivity contribution in [1.82, 2.24) is 19.7 Å². The van der Waals surface area contributed by atoms with Crippen molar-refractivity contribution < 1.29 is 28.5 Å². The third-order valence-corrected chi connectivity index (χ3v) is 5.83. The first-order valence-corrected chi connectivity index (χ1v) is 10.2. The topological polar surface area (TPSA) is 120 Å². The normalized spacial score (nSPS) is 25.9. The van der Waals surface area contributed by atoms with E-state index in [1.165, 1.54) is 23.0 Å². The van der Waals surface area contributed by atoms with Crippen molar-refractivity contribution in [2.75, 3.05) is 23.3 Å². The molecule has 0 bridgehead atoms. The Labute approximate surface area is 180 Å². The lowest BCUT2D eigenvalue weighted by Gasteiger charge is -2.32. The maximum absolute atomic E-state index is 13.2. The van der Waals surface area contributed by atoms with Gasteiger partial charge in [0.2, 0.25) is 5.95 Å². The molecule has 2 aliphatic rings. The Balaban J connectivity index is 1.60. The lowest BCUT2D eigenvalue weighted by molar-refractivity contribution is -0.137. The zero-order valence-corrected chi connectivity index (χ0v) is 16.7. The number of anilines is 2. The third kappa shape index (κ3) is 3.74. The van der Waals surface area contributed by atoms with Gasteiger partial charge in [0.25, 0.3) is 0 Å². The highest BCUT2D eigenvalue weighted by Crippen LogP contribution is 2.33. The largest absolute Gasteiger partial charge is 0.416 e. The number of aromatic nitrogens is 4. The van der Waals surface area contributed by atoms with Crippen LogP contribution in [0.25, 0.3) is 16.7 Å². The molecule has 1 saturated carbocycles. The van der Waals surface area contributed by atoms with Crippen molar-refractivity contribution in [2.24, 2.45) is 0 Å². The van der Waals surface area contributed by atoms with Gasteiger partial charge in [-0.25, -0.2) is 4.68 Å². The SMILES string of the molecule is O[C@@H]1CN(c2nc(N[C@H]3C[C@H](O)C3)nc3c2cnn3-c2cccc(C(F)(F)F)c2)C[C@H]1O. The van der Waals surface area contributed by atoms with Gasteiger partial charge in [0.15, 0.2) is 5.65 Å². The molecule has 0 unspecified atom stereocenters. The molecule has 0 spiro atoms. The van der Waals surface area contributed by atoms with Gasteiger partial charge in [0.1, 0.15) is 5.82 Å². The van der Waals surface area contributed by atoms with Crippen molar-refractivity contribution in [3.05, 3.63) is 36.0 Å². The number of rotatable bonds is 4. The first-order valence-electron chi connectivity index (χ1n) is 10.2. The number of nitrogens with zero attached hydrogens (tertiary/aromatic N) is 5. The minimum atomic E-state index is -4.50. The van der Waals surface area contributed by atoms with Crippen LogP contribution in [0, 0.1) is 0 Å². The molecule has 170 valence electrons. The average Bonchev–Trinajstić information content (AvgIpc) is 3.29. The standard InChI is InChI=1S/C20H21F3N6O3/c21-20(22,23)10-2-1-3-12(4-10)29-18-14(7-24-29)17(28-8-15(31)16(32)9-28)26-19(27-18)25-11-5-13(30)6-11/h1-4,7,11,13,15-16,30-32H,5-6,8-9H2,(H,25,26,27)/t11-,13-,15-,16-/m1/s1. The molecule has 1 aliphatic heterocycles. The zero-order chi connectivity index (χ0) is 22.6. The fourth-order valence-corrected chi connectivity index (χ4v) is 4.03. The highest BCUT2D eigenvalue weighted by atomic mass is 19.4. The summed E-state index contributed by atoms with van der Waals surface area (Å²) < 4.78 is 40.9. The number of aliphatic hydroxyl groups is 3. The summed E-state index contributed by atoms with van der Waals surface area (Å²) in [5.41, 5.74) is -0.334. The van der Waals surface area contributed by atoms with E-state index in [0.717, 1.165) is 12.1 Å².